The number of fused-ring (bicyclic) bond motifs is 1. The van der Waals surface area contributed by atoms with Gasteiger partial charge in [0.05, 0.1) is 7.11 Å². The quantitative estimate of drug-likeness (QED) is 0.942. The molecule has 0 saturated heterocycles. The standard InChI is InChI=1S/C17H17FO3/c1-20-13-7-5-11-6-8-16(17(19)15(11)10-13)21-14-4-2-3-12(18)9-14/h2-5,7,9-10,16-17,19H,6,8H2,1H3. The lowest BCUT2D eigenvalue weighted by Gasteiger charge is -2.30. The number of halogens is 1. The zero-order valence-corrected chi connectivity index (χ0v) is 11.8. The number of hydrogen-bond acceptors (Lipinski definition) is 3. The molecule has 0 heterocycles. The van der Waals surface area contributed by atoms with Crippen molar-refractivity contribution in [1.29, 1.82) is 0 Å². The molecule has 1 aliphatic rings. The molecule has 2 aromatic rings. The molecular formula is C17H17FO3. The van der Waals surface area contributed by atoms with Gasteiger partial charge < -0.3 is 14.6 Å². The first-order valence-corrected chi connectivity index (χ1v) is 6.94. The Morgan fingerprint density at radius 1 is 1.14 bits per heavy atom. The van der Waals surface area contributed by atoms with Gasteiger partial charge in [0.25, 0.3) is 0 Å². The summed E-state index contributed by atoms with van der Waals surface area (Å²) in [6.07, 6.45) is 0.381. The average molecular weight is 288 g/mol. The Labute approximate surface area is 122 Å². The predicted molar refractivity (Wildman–Crippen MR) is 77.1 cm³/mol. The minimum absolute atomic E-state index is 0.347. The maximum atomic E-state index is 13.2. The molecule has 0 spiro atoms. The first-order chi connectivity index (χ1) is 10.2. The summed E-state index contributed by atoms with van der Waals surface area (Å²) in [5.41, 5.74) is 1.92. The topological polar surface area (TPSA) is 38.7 Å². The van der Waals surface area contributed by atoms with Crippen LogP contribution in [0.5, 0.6) is 11.5 Å². The first-order valence-electron chi connectivity index (χ1n) is 6.94. The van der Waals surface area contributed by atoms with E-state index in [9.17, 15) is 9.50 Å². The van der Waals surface area contributed by atoms with Crippen LogP contribution in [0.15, 0.2) is 42.5 Å². The van der Waals surface area contributed by atoms with Crippen LogP contribution in [0, 0.1) is 5.82 Å². The highest BCUT2D eigenvalue weighted by molar-refractivity contribution is 5.39. The van der Waals surface area contributed by atoms with Crippen molar-refractivity contribution < 1.29 is 19.0 Å². The van der Waals surface area contributed by atoms with E-state index in [2.05, 4.69) is 0 Å². The fourth-order valence-electron chi connectivity index (χ4n) is 2.70. The zero-order valence-electron chi connectivity index (χ0n) is 11.8. The Morgan fingerprint density at radius 2 is 2.00 bits per heavy atom. The van der Waals surface area contributed by atoms with E-state index in [0.29, 0.717) is 17.9 Å². The van der Waals surface area contributed by atoms with E-state index < -0.39 is 6.10 Å². The highest BCUT2D eigenvalue weighted by Gasteiger charge is 2.30. The van der Waals surface area contributed by atoms with Crippen molar-refractivity contribution in [2.75, 3.05) is 7.11 Å². The molecule has 2 atom stereocenters. The molecule has 1 N–H and O–H groups in total. The van der Waals surface area contributed by atoms with Crippen LogP contribution >= 0.6 is 0 Å². The number of aliphatic hydroxyl groups excluding tert-OH is 1. The summed E-state index contributed by atoms with van der Waals surface area (Å²) >= 11 is 0. The lowest BCUT2D eigenvalue weighted by molar-refractivity contribution is 0.0227. The van der Waals surface area contributed by atoms with Crippen molar-refractivity contribution in [1.82, 2.24) is 0 Å². The van der Waals surface area contributed by atoms with Crippen molar-refractivity contribution in [2.24, 2.45) is 0 Å². The Balaban J connectivity index is 1.82. The second-order valence-corrected chi connectivity index (χ2v) is 5.16. The number of ether oxygens (including phenoxy) is 2. The van der Waals surface area contributed by atoms with Gasteiger partial charge in [0, 0.05) is 6.07 Å². The third kappa shape index (κ3) is 2.85. The van der Waals surface area contributed by atoms with Gasteiger partial charge in [-0.2, -0.15) is 0 Å². The number of hydrogen-bond donors (Lipinski definition) is 1. The van der Waals surface area contributed by atoms with Gasteiger partial charge in [-0.3, -0.25) is 0 Å². The Morgan fingerprint density at radius 3 is 2.76 bits per heavy atom. The predicted octanol–water partition coefficient (Wildman–Crippen LogP) is 3.26. The van der Waals surface area contributed by atoms with Crippen molar-refractivity contribution in [2.45, 2.75) is 25.0 Å². The molecule has 0 aliphatic heterocycles. The molecule has 1 aliphatic carbocycles. The molecular weight excluding hydrogens is 271 g/mol. The summed E-state index contributed by atoms with van der Waals surface area (Å²) < 4.78 is 24.1. The molecule has 0 fully saturated rings. The van der Waals surface area contributed by atoms with E-state index in [1.54, 1.807) is 19.2 Å². The van der Waals surface area contributed by atoms with Crippen LogP contribution in [-0.4, -0.2) is 18.3 Å². The van der Waals surface area contributed by atoms with Gasteiger partial charge in [0.2, 0.25) is 0 Å². The van der Waals surface area contributed by atoms with Gasteiger partial charge in [0.15, 0.2) is 0 Å². The SMILES string of the molecule is COc1ccc2c(c1)C(O)C(Oc1cccc(F)c1)CC2. The molecule has 2 unspecified atom stereocenters. The highest BCUT2D eigenvalue weighted by atomic mass is 19.1. The molecule has 0 bridgehead atoms. The average Bonchev–Trinajstić information content (AvgIpc) is 2.50. The van der Waals surface area contributed by atoms with Gasteiger partial charge in [0.1, 0.15) is 29.5 Å². The largest absolute Gasteiger partial charge is 0.497 e. The summed E-state index contributed by atoms with van der Waals surface area (Å²) in [5, 5.41) is 10.5. The van der Waals surface area contributed by atoms with Gasteiger partial charge in [-0.1, -0.05) is 12.1 Å². The lowest BCUT2D eigenvalue weighted by atomic mass is 9.87. The van der Waals surface area contributed by atoms with Crippen LogP contribution in [0.3, 0.4) is 0 Å². The van der Waals surface area contributed by atoms with Crippen molar-refractivity contribution in [3.63, 3.8) is 0 Å². The summed E-state index contributed by atoms with van der Waals surface area (Å²) in [6.45, 7) is 0. The summed E-state index contributed by atoms with van der Waals surface area (Å²) in [6, 6.07) is 11.7. The minimum Gasteiger partial charge on any atom is -0.497 e. The molecule has 21 heavy (non-hydrogen) atoms. The molecule has 4 heteroatoms. The normalized spacial score (nSPS) is 20.7. The van der Waals surface area contributed by atoms with Crippen molar-refractivity contribution in [3.05, 3.63) is 59.4 Å². The molecule has 0 radical (unpaired) electrons. The maximum absolute atomic E-state index is 13.2. The fraction of sp³-hybridized carbons (Fsp3) is 0.294. The van der Waals surface area contributed by atoms with Crippen LogP contribution in [0.4, 0.5) is 4.39 Å². The zero-order chi connectivity index (χ0) is 14.8. The van der Waals surface area contributed by atoms with Crippen LogP contribution in [0.2, 0.25) is 0 Å². The smallest absolute Gasteiger partial charge is 0.129 e. The number of aliphatic hydroxyl groups is 1. The molecule has 3 rings (SSSR count). The second-order valence-electron chi connectivity index (χ2n) is 5.16. The van der Waals surface area contributed by atoms with E-state index >= 15 is 0 Å². The van der Waals surface area contributed by atoms with E-state index in [-0.39, 0.29) is 11.9 Å². The summed E-state index contributed by atoms with van der Waals surface area (Å²) in [5.74, 6) is 0.796. The van der Waals surface area contributed by atoms with Crippen LogP contribution in [-0.2, 0) is 6.42 Å². The third-order valence-corrected chi connectivity index (χ3v) is 3.81. The van der Waals surface area contributed by atoms with Crippen LogP contribution in [0.1, 0.15) is 23.7 Å². The first kappa shape index (κ1) is 13.9. The maximum Gasteiger partial charge on any atom is 0.129 e. The number of benzene rings is 2. The van der Waals surface area contributed by atoms with Crippen LogP contribution in [0.25, 0.3) is 0 Å². The molecule has 2 aromatic carbocycles. The van der Waals surface area contributed by atoms with Crippen molar-refractivity contribution in [3.8, 4) is 11.5 Å². The summed E-state index contributed by atoms with van der Waals surface area (Å²) in [4.78, 5) is 0. The van der Waals surface area contributed by atoms with Crippen LogP contribution < -0.4 is 9.47 Å². The Hall–Kier alpha value is -2.07. The minimum atomic E-state index is -0.743. The third-order valence-electron chi connectivity index (χ3n) is 3.81. The van der Waals surface area contributed by atoms with E-state index in [1.807, 2.05) is 18.2 Å². The second kappa shape index (κ2) is 5.74. The Bertz CT molecular complexity index is 642. The molecule has 110 valence electrons. The van der Waals surface area contributed by atoms with Crippen molar-refractivity contribution >= 4 is 0 Å². The molecule has 0 aromatic heterocycles. The molecule has 3 nitrogen and oxygen atoms in total. The van der Waals surface area contributed by atoms with E-state index in [4.69, 9.17) is 9.47 Å². The number of rotatable bonds is 3. The highest BCUT2D eigenvalue weighted by Crippen LogP contribution is 2.34. The van der Waals surface area contributed by atoms with E-state index in [0.717, 1.165) is 17.5 Å². The number of methoxy groups -OCH3 is 1. The monoisotopic (exact) mass is 288 g/mol. The van der Waals surface area contributed by atoms with Gasteiger partial charge in [-0.25, -0.2) is 4.39 Å². The Kier molecular flexibility index (Phi) is 3.80. The van der Waals surface area contributed by atoms with Gasteiger partial charge in [-0.05, 0) is 48.2 Å². The van der Waals surface area contributed by atoms with Gasteiger partial charge >= 0.3 is 0 Å². The molecule has 0 saturated carbocycles. The summed E-state index contributed by atoms with van der Waals surface area (Å²) in [7, 11) is 1.59. The number of aryl methyl sites for hydroxylation is 1. The van der Waals surface area contributed by atoms with Gasteiger partial charge in [-0.15, -0.1) is 0 Å². The van der Waals surface area contributed by atoms with E-state index in [1.165, 1.54) is 12.1 Å². The lowest BCUT2D eigenvalue weighted by Crippen LogP contribution is -2.30. The molecule has 0 amide bonds. The fourth-order valence-corrected chi connectivity index (χ4v) is 2.70.